The highest BCUT2D eigenvalue weighted by atomic mass is 35.5. The minimum atomic E-state index is -3.82. The Hall–Kier alpha value is -2.65. The van der Waals surface area contributed by atoms with Crippen LogP contribution in [-0.4, -0.2) is 31.5 Å². The fourth-order valence-electron chi connectivity index (χ4n) is 2.78. The standard InChI is InChI=1S/C18H20ClN3O5S/c1-4-16(18(23)20-14-6-5-7-15(11-14)22(24)25)21(28(3,26)27)17-10-13(19)9-8-12(17)2/h5-11,16H,4H2,1-3H3,(H,20,23)/t16-/m0/s1. The molecule has 0 heterocycles. The number of amides is 1. The van der Waals surface area contributed by atoms with Crippen molar-refractivity contribution in [3.63, 3.8) is 0 Å². The van der Waals surface area contributed by atoms with Crippen LogP contribution < -0.4 is 9.62 Å². The lowest BCUT2D eigenvalue weighted by atomic mass is 10.1. The van der Waals surface area contributed by atoms with Crippen molar-refractivity contribution in [2.75, 3.05) is 15.9 Å². The Morgan fingerprint density at radius 1 is 1.29 bits per heavy atom. The van der Waals surface area contributed by atoms with Crippen LogP contribution >= 0.6 is 11.6 Å². The molecule has 0 bridgehead atoms. The molecule has 1 amide bonds. The van der Waals surface area contributed by atoms with E-state index >= 15 is 0 Å². The maximum Gasteiger partial charge on any atom is 0.271 e. The molecule has 0 unspecified atom stereocenters. The van der Waals surface area contributed by atoms with E-state index in [1.165, 1.54) is 30.3 Å². The van der Waals surface area contributed by atoms with Gasteiger partial charge in [-0.15, -0.1) is 0 Å². The van der Waals surface area contributed by atoms with E-state index in [1.807, 2.05) is 0 Å². The van der Waals surface area contributed by atoms with Gasteiger partial charge < -0.3 is 5.32 Å². The number of hydrogen-bond donors (Lipinski definition) is 1. The number of benzene rings is 2. The predicted octanol–water partition coefficient (Wildman–Crippen LogP) is 3.74. The number of carbonyl (C=O) groups excluding carboxylic acids is 1. The van der Waals surface area contributed by atoms with Gasteiger partial charge in [-0.2, -0.15) is 0 Å². The Kier molecular flexibility index (Phi) is 6.63. The number of nitrogens with zero attached hydrogens (tertiary/aromatic N) is 2. The molecule has 8 nitrogen and oxygen atoms in total. The highest BCUT2D eigenvalue weighted by Crippen LogP contribution is 2.29. The smallest absolute Gasteiger partial charge is 0.271 e. The molecular weight excluding hydrogens is 406 g/mol. The minimum Gasteiger partial charge on any atom is -0.324 e. The van der Waals surface area contributed by atoms with E-state index in [4.69, 9.17) is 11.6 Å². The van der Waals surface area contributed by atoms with Gasteiger partial charge in [0.15, 0.2) is 0 Å². The van der Waals surface area contributed by atoms with Gasteiger partial charge in [0.25, 0.3) is 5.69 Å². The van der Waals surface area contributed by atoms with Gasteiger partial charge in [0, 0.05) is 22.8 Å². The highest BCUT2D eigenvalue weighted by molar-refractivity contribution is 7.92. The number of anilines is 2. The lowest BCUT2D eigenvalue weighted by Crippen LogP contribution is -2.47. The molecular formula is C18H20ClN3O5S. The molecule has 1 N–H and O–H groups in total. The molecule has 10 heteroatoms. The van der Waals surface area contributed by atoms with Crippen molar-refractivity contribution < 1.29 is 18.1 Å². The van der Waals surface area contributed by atoms with Crippen molar-refractivity contribution in [1.29, 1.82) is 0 Å². The number of carbonyl (C=O) groups is 1. The molecule has 0 saturated carbocycles. The normalized spacial score (nSPS) is 12.3. The maximum atomic E-state index is 12.9. The van der Waals surface area contributed by atoms with E-state index in [0.29, 0.717) is 16.3 Å². The first-order valence-corrected chi connectivity index (χ1v) is 10.6. The summed E-state index contributed by atoms with van der Waals surface area (Å²) in [6.07, 6.45) is 1.19. The second-order valence-electron chi connectivity index (χ2n) is 6.21. The van der Waals surface area contributed by atoms with Crippen molar-refractivity contribution >= 4 is 44.6 Å². The van der Waals surface area contributed by atoms with Gasteiger partial charge in [-0.05, 0) is 37.1 Å². The van der Waals surface area contributed by atoms with Crippen LogP contribution in [0.3, 0.4) is 0 Å². The predicted molar refractivity (Wildman–Crippen MR) is 109 cm³/mol. The van der Waals surface area contributed by atoms with E-state index in [1.54, 1.807) is 26.0 Å². The van der Waals surface area contributed by atoms with Crippen LogP contribution in [0.25, 0.3) is 0 Å². The topological polar surface area (TPSA) is 110 Å². The number of halogens is 1. The summed E-state index contributed by atoms with van der Waals surface area (Å²) < 4.78 is 26.0. The number of rotatable bonds is 7. The van der Waals surface area contributed by atoms with Gasteiger partial charge in [0.2, 0.25) is 15.9 Å². The summed E-state index contributed by atoms with van der Waals surface area (Å²) in [4.78, 5) is 23.2. The van der Waals surface area contributed by atoms with Gasteiger partial charge in [0.1, 0.15) is 6.04 Å². The summed E-state index contributed by atoms with van der Waals surface area (Å²) in [5, 5.41) is 13.8. The van der Waals surface area contributed by atoms with Gasteiger partial charge in [-0.3, -0.25) is 19.2 Å². The van der Waals surface area contributed by atoms with E-state index in [2.05, 4.69) is 5.32 Å². The van der Waals surface area contributed by atoms with E-state index in [-0.39, 0.29) is 17.8 Å². The molecule has 2 aromatic rings. The van der Waals surface area contributed by atoms with Crippen molar-refractivity contribution in [1.82, 2.24) is 0 Å². The number of nitro benzene ring substituents is 1. The molecule has 28 heavy (non-hydrogen) atoms. The molecule has 0 fully saturated rings. The first kappa shape index (κ1) is 21.6. The van der Waals surface area contributed by atoms with Gasteiger partial charge in [-0.25, -0.2) is 8.42 Å². The maximum absolute atomic E-state index is 12.9. The quantitative estimate of drug-likeness (QED) is 0.536. The third kappa shape index (κ3) is 4.99. The first-order chi connectivity index (χ1) is 13.0. The number of aryl methyl sites for hydroxylation is 1. The summed E-state index contributed by atoms with van der Waals surface area (Å²) in [5.74, 6) is -0.604. The Labute approximate surface area is 168 Å². The Morgan fingerprint density at radius 3 is 2.54 bits per heavy atom. The van der Waals surface area contributed by atoms with Crippen LogP contribution in [0.1, 0.15) is 18.9 Å². The Bertz CT molecular complexity index is 1010. The lowest BCUT2D eigenvalue weighted by Gasteiger charge is -2.31. The SMILES string of the molecule is CC[C@@H](C(=O)Nc1cccc([N+](=O)[O-])c1)N(c1cc(Cl)ccc1C)S(C)(=O)=O. The van der Waals surface area contributed by atoms with Crippen LogP contribution in [0.5, 0.6) is 0 Å². The molecule has 0 spiro atoms. The molecule has 0 radical (unpaired) electrons. The van der Waals surface area contributed by atoms with Gasteiger partial charge in [-0.1, -0.05) is 30.7 Å². The van der Waals surface area contributed by atoms with Crippen molar-refractivity contribution in [2.45, 2.75) is 26.3 Å². The van der Waals surface area contributed by atoms with Gasteiger partial charge >= 0.3 is 0 Å². The molecule has 0 aliphatic rings. The Morgan fingerprint density at radius 2 is 1.96 bits per heavy atom. The number of non-ortho nitro benzene ring substituents is 1. The summed E-state index contributed by atoms with van der Waals surface area (Å²) in [7, 11) is -3.82. The second-order valence-corrected chi connectivity index (χ2v) is 8.51. The molecule has 2 rings (SSSR count). The first-order valence-electron chi connectivity index (χ1n) is 8.35. The number of nitrogens with one attached hydrogen (secondary N) is 1. The summed E-state index contributed by atoms with van der Waals surface area (Å²) in [6, 6.07) is 9.15. The average Bonchev–Trinajstić information content (AvgIpc) is 2.61. The van der Waals surface area contributed by atoms with E-state index in [9.17, 15) is 23.3 Å². The van der Waals surface area contributed by atoms with E-state index < -0.39 is 26.9 Å². The van der Waals surface area contributed by atoms with Gasteiger partial charge in [0.05, 0.1) is 16.9 Å². The van der Waals surface area contributed by atoms with Crippen molar-refractivity contribution in [2.24, 2.45) is 0 Å². The fraction of sp³-hybridized carbons (Fsp3) is 0.278. The summed E-state index contributed by atoms with van der Waals surface area (Å²) in [6.45, 7) is 3.39. The highest BCUT2D eigenvalue weighted by Gasteiger charge is 2.32. The largest absolute Gasteiger partial charge is 0.324 e. The van der Waals surface area contributed by atoms with Crippen LogP contribution in [0.4, 0.5) is 17.1 Å². The van der Waals surface area contributed by atoms with E-state index in [0.717, 1.165) is 10.6 Å². The summed E-state index contributed by atoms with van der Waals surface area (Å²) >= 11 is 6.03. The molecule has 150 valence electrons. The third-order valence-corrected chi connectivity index (χ3v) is 5.46. The number of sulfonamides is 1. The fourth-order valence-corrected chi connectivity index (χ4v) is 4.21. The van der Waals surface area contributed by atoms with Crippen molar-refractivity contribution in [3.8, 4) is 0 Å². The van der Waals surface area contributed by atoms with Crippen LogP contribution in [0, 0.1) is 17.0 Å². The Balaban J connectivity index is 2.44. The second kappa shape index (κ2) is 8.57. The average molecular weight is 426 g/mol. The van der Waals surface area contributed by atoms with Crippen molar-refractivity contribution in [3.05, 3.63) is 63.2 Å². The number of nitro groups is 1. The zero-order valence-corrected chi connectivity index (χ0v) is 17.1. The zero-order chi connectivity index (χ0) is 21.1. The third-order valence-electron chi connectivity index (χ3n) is 4.06. The monoisotopic (exact) mass is 425 g/mol. The van der Waals surface area contributed by atoms with Crippen LogP contribution in [-0.2, 0) is 14.8 Å². The van der Waals surface area contributed by atoms with Crippen LogP contribution in [0.15, 0.2) is 42.5 Å². The minimum absolute atomic E-state index is 0.180. The molecule has 0 aliphatic carbocycles. The summed E-state index contributed by atoms with van der Waals surface area (Å²) in [5.41, 5.74) is 0.956. The van der Waals surface area contributed by atoms with Crippen LogP contribution in [0.2, 0.25) is 5.02 Å². The zero-order valence-electron chi connectivity index (χ0n) is 15.5. The molecule has 0 aliphatic heterocycles. The molecule has 1 atom stereocenters. The molecule has 0 saturated heterocycles. The number of hydrogen-bond acceptors (Lipinski definition) is 5. The molecule has 0 aromatic heterocycles. The molecule has 2 aromatic carbocycles. The lowest BCUT2D eigenvalue weighted by molar-refractivity contribution is -0.384.